The van der Waals surface area contributed by atoms with E-state index in [2.05, 4.69) is 39.9 Å². The average Bonchev–Trinajstić information content (AvgIpc) is 3.27. The van der Waals surface area contributed by atoms with Crippen LogP contribution in [0, 0.1) is 17.1 Å². The molecule has 0 saturated heterocycles. The van der Waals surface area contributed by atoms with Crippen LogP contribution in [0.5, 0.6) is 0 Å². The fraction of sp³-hybridized carbons (Fsp3) is 0.211. The van der Waals surface area contributed by atoms with Crippen molar-refractivity contribution in [1.29, 1.82) is 5.26 Å². The Hall–Kier alpha value is -2.00. The second-order valence-electron chi connectivity index (χ2n) is 5.86. The van der Waals surface area contributed by atoms with Crippen molar-refractivity contribution in [3.63, 3.8) is 0 Å². The second kappa shape index (κ2) is 6.48. The number of fused-ring (bicyclic) bond motifs is 1. The van der Waals surface area contributed by atoms with Crippen LogP contribution in [0.15, 0.2) is 47.2 Å². The molecule has 120 valence electrons. The van der Waals surface area contributed by atoms with Crippen LogP contribution >= 0.6 is 22.7 Å². The zero-order valence-corrected chi connectivity index (χ0v) is 14.5. The van der Waals surface area contributed by atoms with E-state index in [4.69, 9.17) is 5.26 Å². The van der Waals surface area contributed by atoms with Gasteiger partial charge in [-0.1, -0.05) is 6.07 Å². The molecular weight excluding hydrogens is 339 g/mol. The number of rotatable bonds is 3. The summed E-state index contributed by atoms with van der Waals surface area (Å²) in [6, 6.07) is 13.3. The third-order valence-electron chi connectivity index (χ3n) is 4.43. The van der Waals surface area contributed by atoms with Crippen LogP contribution in [0.1, 0.15) is 32.5 Å². The lowest BCUT2D eigenvalue weighted by molar-refractivity contribution is 0.206. The Kier molecular flexibility index (Phi) is 4.19. The summed E-state index contributed by atoms with van der Waals surface area (Å²) >= 11 is 3.54. The van der Waals surface area contributed by atoms with E-state index in [9.17, 15) is 4.39 Å². The van der Waals surface area contributed by atoms with Crippen molar-refractivity contribution in [2.45, 2.75) is 19.0 Å². The minimum Gasteiger partial charge on any atom is -0.287 e. The van der Waals surface area contributed by atoms with Gasteiger partial charge in [-0.2, -0.15) is 5.26 Å². The fourth-order valence-electron chi connectivity index (χ4n) is 3.30. The van der Waals surface area contributed by atoms with E-state index in [1.165, 1.54) is 27.5 Å². The molecule has 1 aliphatic rings. The highest BCUT2D eigenvalue weighted by Crippen LogP contribution is 2.40. The summed E-state index contributed by atoms with van der Waals surface area (Å²) in [7, 11) is 0. The summed E-state index contributed by atoms with van der Waals surface area (Å²) in [6.07, 6.45) is 0.994. The normalized spacial score (nSPS) is 17.4. The van der Waals surface area contributed by atoms with Gasteiger partial charge in [-0.25, -0.2) is 4.39 Å². The van der Waals surface area contributed by atoms with Crippen molar-refractivity contribution in [3.8, 4) is 6.07 Å². The average molecular weight is 354 g/mol. The molecule has 3 heterocycles. The molecule has 2 nitrogen and oxygen atoms in total. The second-order valence-corrected chi connectivity index (χ2v) is 7.84. The molecule has 2 aromatic heterocycles. The molecule has 0 aliphatic carbocycles. The molecule has 1 unspecified atom stereocenters. The van der Waals surface area contributed by atoms with Crippen LogP contribution in [0.25, 0.3) is 0 Å². The predicted molar refractivity (Wildman–Crippen MR) is 95.7 cm³/mol. The topological polar surface area (TPSA) is 27.0 Å². The minimum atomic E-state index is -0.241. The Bertz CT molecular complexity index is 892. The van der Waals surface area contributed by atoms with Gasteiger partial charge in [-0.15, -0.1) is 22.7 Å². The van der Waals surface area contributed by atoms with Gasteiger partial charge in [0.15, 0.2) is 0 Å². The van der Waals surface area contributed by atoms with E-state index in [1.807, 2.05) is 0 Å². The fourth-order valence-corrected chi connectivity index (χ4v) is 5.08. The SMILES string of the molecule is N#Cc1ccc(F)c(CN2CCc3sccc3C2c2cccs2)c1. The Morgan fingerprint density at radius 1 is 1.21 bits per heavy atom. The molecule has 3 aromatic rings. The third-order valence-corrected chi connectivity index (χ3v) is 6.35. The third kappa shape index (κ3) is 2.78. The molecule has 0 N–H and O–H groups in total. The van der Waals surface area contributed by atoms with Crippen molar-refractivity contribution in [1.82, 2.24) is 4.90 Å². The molecule has 1 aromatic carbocycles. The molecule has 1 aliphatic heterocycles. The lowest BCUT2D eigenvalue weighted by Crippen LogP contribution is -2.34. The van der Waals surface area contributed by atoms with Gasteiger partial charge in [0.25, 0.3) is 0 Å². The highest BCUT2D eigenvalue weighted by Gasteiger charge is 2.30. The maximum Gasteiger partial charge on any atom is 0.127 e. The van der Waals surface area contributed by atoms with Gasteiger partial charge in [-0.3, -0.25) is 4.90 Å². The van der Waals surface area contributed by atoms with E-state index in [0.29, 0.717) is 17.7 Å². The zero-order valence-electron chi connectivity index (χ0n) is 12.9. The van der Waals surface area contributed by atoms with Gasteiger partial charge in [0, 0.05) is 28.4 Å². The quantitative estimate of drug-likeness (QED) is 0.664. The monoisotopic (exact) mass is 354 g/mol. The summed E-state index contributed by atoms with van der Waals surface area (Å²) in [5, 5.41) is 13.3. The lowest BCUT2D eigenvalue weighted by atomic mass is 9.97. The maximum atomic E-state index is 14.2. The van der Waals surface area contributed by atoms with E-state index in [0.717, 1.165) is 13.0 Å². The number of nitriles is 1. The first-order valence-corrected chi connectivity index (χ1v) is 9.54. The maximum absolute atomic E-state index is 14.2. The molecule has 0 radical (unpaired) electrons. The van der Waals surface area contributed by atoms with Gasteiger partial charge < -0.3 is 0 Å². The van der Waals surface area contributed by atoms with Gasteiger partial charge in [0.1, 0.15) is 5.82 Å². The molecule has 0 bridgehead atoms. The largest absolute Gasteiger partial charge is 0.287 e. The molecule has 0 saturated carbocycles. The zero-order chi connectivity index (χ0) is 16.5. The van der Waals surface area contributed by atoms with Crippen molar-refractivity contribution in [2.24, 2.45) is 0 Å². The van der Waals surface area contributed by atoms with Crippen molar-refractivity contribution in [3.05, 3.63) is 79.4 Å². The number of halogens is 1. The molecular formula is C19H15FN2S2. The van der Waals surface area contributed by atoms with Gasteiger partial charge in [0.2, 0.25) is 0 Å². The van der Waals surface area contributed by atoms with E-state index in [-0.39, 0.29) is 11.9 Å². The Morgan fingerprint density at radius 3 is 2.92 bits per heavy atom. The predicted octanol–water partition coefficient (Wildman–Crippen LogP) is 4.97. The molecule has 1 atom stereocenters. The summed E-state index contributed by atoms with van der Waals surface area (Å²) in [4.78, 5) is 5.03. The minimum absolute atomic E-state index is 0.171. The lowest BCUT2D eigenvalue weighted by Gasteiger charge is -2.35. The molecule has 24 heavy (non-hydrogen) atoms. The molecule has 0 amide bonds. The summed E-state index contributed by atoms with van der Waals surface area (Å²) < 4.78 is 14.2. The first-order chi connectivity index (χ1) is 11.8. The Balaban J connectivity index is 1.71. The van der Waals surface area contributed by atoms with E-state index >= 15 is 0 Å². The van der Waals surface area contributed by atoms with Crippen molar-refractivity contribution in [2.75, 3.05) is 6.54 Å². The highest BCUT2D eigenvalue weighted by molar-refractivity contribution is 7.10. The van der Waals surface area contributed by atoms with Gasteiger partial charge >= 0.3 is 0 Å². The van der Waals surface area contributed by atoms with E-state index < -0.39 is 0 Å². The first-order valence-electron chi connectivity index (χ1n) is 7.78. The van der Waals surface area contributed by atoms with Crippen LogP contribution in [0.3, 0.4) is 0 Å². The summed E-state index contributed by atoms with van der Waals surface area (Å²) in [5.41, 5.74) is 2.44. The summed E-state index contributed by atoms with van der Waals surface area (Å²) in [6.45, 7) is 1.41. The standard InChI is InChI=1S/C19H15FN2S2/c20-16-4-3-13(11-21)10-14(16)12-22-7-5-17-15(6-9-24-17)19(22)18-2-1-8-23-18/h1-4,6,8-10,19H,5,7,12H2. The number of hydrogen-bond donors (Lipinski definition) is 0. The van der Waals surface area contributed by atoms with Crippen molar-refractivity contribution < 1.29 is 4.39 Å². The Morgan fingerprint density at radius 2 is 2.12 bits per heavy atom. The number of nitrogens with zero attached hydrogens (tertiary/aromatic N) is 2. The van der Waals surface area contributed by atoms with Gasteiger partial charge in [0.05, 0.1) is 17.7 Å². The Labute approximate surface area is 148 Å². The first kappa shape index (κ1) is 15.5. The molecule has 5 heteroatoms. The summed E-state index contributed by atoms with van der Waals surface area (Å²) in [5.74, 6) is -0.241. The van der Waals surface area contributed by atoms with Crippen molar-refractivity contribution >= 4 is 22.7 Å². The molecule has 0 fully saturated rings. The molecule has 4 rings (SSSR count). The van der Waals surface area contributed by atoms with E-state index in [1.54, 1.807) is 28.7 Å². The van der Waals surface area contributed by atoms with Crippen LogP contribution in [0.2, 0.25) is 0 Å². The molecule has 0 spiro atoms. The van der Waals surface area contributed by atoms with Crippen LogP contribution in [0.4, 0.5) is 4.39 Å². The number of benzene rings is 1. The van der Waals surface area contributed by atoms with Gasteiger partial charge in [-0.05, 0) is 53.1 Å². The van der Waals surface area contributed by atoms with Crippen LogP contribution in [-0.4, -0.2) is 11.4 Å². The highest BCUT2D eigenvalue weighted by atomic mass is 32.1. The number of hydrogen-bond acceptors (Lipinski definition) is 4. The number of thiophene rings is 2. The van der Waals surface area contributed by atoms with Crippen LogP contribution in [-0.2, 0) is 13.0 Å². The van der Waals surface area contributed by atoms with Crippen LogP contribution < -0.4 is 0 Å². The smallest absolute Gasteiger partial charge is 0.127 e.